The molecule has 7 nitrogen and oxygen atoms in total. The summed E-state index contributed by atoms with van der Waals surface area (Å²) in [6, 6.07) is 12.8. The first-order valence-electron chi connectivity index (χ1n) is 13.0. The third kappa shape index (κ3) is 7.63. The molecule has 0 saturated heterocycles. The molecule has 8 heteroatoms. The van der Waals surface area contributed by atoms with Crippen molar-refractivity contribution in [1.82, 2.24) is 14.9 Å². The van der Waals surface area contributed by atoms with E-state index < -0.39 is 11.7 Å². The molecule has 1 heterocycles. The number of Topliss-reactive ketones (excluding diaryl/α,β-unsaturated/α-hetero) is 1. The van der Waals surface area contributed by atoms with Gasteiger partial charge in [0.2, 0.25) is 0 Å². The van der Waals surface area contributed by atoms with Gasteiger partial charge in [-0.25, -0.2) is 9.97 Å². The summed E-state index contributed by atoms with van der Waals surface area (Å²) in [5.74, 6) is 0.0279. The van der Waals surface area contributed by atoms with Crippen molar-refractivity contribution in [3.8, 4) is 5.75 Å². The van der Waals surface area contributed by atoms with Crippen LogP contribution in [0.25, 0.3) is 0 Å². The molecule has 1 aromatic heterocycles. The van der Waals surface area contributed by atoms with Crippen molar-refractivity contribution < 1.29 is 19.1 Å². The van der Waals surface area contributed by atoms with Crippen molar-refractivity contribution in [2.24, 2.45) is 0 Å². The largest absolute Gasteiger partial charge is 0.490 e. The standard InChI is InChI=1S/C31H32ClN3O4.CH4/c1-4-23(36)17-22-15-20(13-14-28(22)39-24-10-6-7-11-24)16-29-33-19-26(32)27(34-29)18-21-9-5-8-12-25(21)30(37)31(38)35(2)3;/h4-5,8-9,12-15,19,24H,1,6-7,10-11,16-18H2,2-3H3;1H4. The van der Waals surface area contributed by atoms with E-state index in [0.717, 1.165) is 42.6 Å². The molecule has 3 aromatic rings. The van der Waals surface area contributed by atoms with Crippen LogP contribution >= 0.6 is 11.6 Å². The zero-order valence-corrected chi connectivity index (χ0v) is 23.0. The highest BCUT2D eigenvalue weighted by Crippen LogP contribution is 2.29. The van der Waals surface area contributed by atoms with Crippen molar-refractivity contribution in [2.75, 3.05) is 14.1 Å². The Labute approximate surface area is 241 Å². The van der Waals surface area contributed by atoms with E-state index in [2.05, 4.69) is 11.6 Å². The third-order valence-corrected chi connectivity index (χ3v) is 7.08. The van der Waals surface area contributed by atoms with Crippen molar-refractivity contribution >= 4 is 29.1 Å². The molecule has 0 N–H and O–H groups in total. The number of nitrogens with zero attached hydrogens (tertiary/aromatic N) is 3. The highest BCUT2D eigenvalue weighted by atomic mass is 35.5. The number of benzene rings is 2. The number of likely N-dealkylation sites (N-methyl/N-ethyl adjacent to an activating group) is 1. The van der Waals surface area contributed by atoms with Gasteiger partial charge in [-0.05, 0) is 49.0 Å². The van der Waals surface area contributed by atoms with E-state index in [1.807, 2.05) is 24.3 Å². The Hall–Kier alpha value is -3.84. The fraction of sp³-hybridized carbons (Fsp3) is 0.344. The van der Waals surface area contributed by atoms with E-state index in [-0.39, 0.29) is 32.2 Å². The first-order chi connectivity index (χ1) is 18.7. The number of halogens is 1. The van der Waals surface area contributed by atoms with E-state index in [1.54, 1.807) is 38.5 Å². The summed E-state index contributed by atoms with van der Waals surface area (Å²) >= 11 is 6.45. The van der Waals surface area contributed by atoms with Crippen LogP contribution in [0.2, 0.25) is 5.02 Å². The van der Waals surface area contributed by atoms with E-state index in [4.69, 9.17) is 21.3 Å². The first-order valence-corrected chi connectivity index (χ1v) is 13.4. The summed E-state index contributed by atoms with van der Waals surface area (Å²) in [7, 11) is 3.09. The van der Waals surface area contributed by atoms with Gasteiger partial charge in [-0.3, -0.25) is 14.4 Å². The molecule has 2 aromatic carbocycles. The van der Waals surface area contributed by atoms with Gasteiger partial charge in [-0.15, -0.1) is 0 Å². The van der Waals surface area contributed by atoms with Gasteiger partial charge in [0.05, 0.1) is 16.8 Å². The Morgan fingerprint density at radius 2 is 1.80 bits per heavy atom. The second-order valence-corrected chi connectivity index (χ2v) is 10.3. The van der Waals surface area contributed by atoms with Crippen LogP contribution in [0.4, 0.5) is 0 Å². The molecule has 1 aliphatic rings. The number of hydrogen-bond donors (Lipinski definition) is 0. The Kier molecular flexibility index (Phi) is 10.7. The summed E-state index contributed by atoms with van der Waals surface area (Å²) < 4.78 is 6.23. The van der Waals surface area contributed by atoms with Gasteiger partial charge >= 0.3 is 0 Å². The lowest BCUT2D eigenvalue weighted by molar-refractivity contribution is -0.124. The molecule has 0 spiro atoms. The molecule has 0 bridgehead atoms. The lowest BCUT2D eigenvalue weighted by Gasteiger charge is -2.17. The molecule has 0 atom stereocenters. The Balaban J connectivity index is 0.00000441. The van der Waals surface area contributed by atoms with Crippen LogP contribution in [0, 0.1) is 0 Å². The number of aromatic nitrogens is 2. The number of ether oxygens (including phenoxy) is 1. The molecule has 210 valence electrons. The highest BCUT2D eigenvalue weighted by molar-refractivity contribution is 6.43. The number of ketones is 2. The molecule has 0 radical (unpaired) electrons. The van der Waals surface area contributed by atoms with E-state index in [1.165, 1.54) is 11.0 Å². The Morgan fingerprint density at radius 1 is 1.07 bits per heavy atom. The third-order valence-electron chi connectivity index (χ3n) is 6.76. The molecular formula is C32H36ClN3O4. The average Bonchev–Trinajstić information content (AvgIpc) is 3.44. The zero-order valence-electron chi connectivity index (χ0n) is 22.3. The number of allylic oxidation sites excluding steroid dienone is 1. The van der Waals surface area contributed by atoms with Gasteiger partial charge in [0.15, 0.2) is 5.78 Å². The predicted octanol–water partition coefficient (Wildman–Crippen LogP) is 5.84. The van der Waals surface area contributed by atoms with Gasteiger partial charge < -0.3 is 9.64 Å². The van der Waals surface area contributed by atoms with Crippen LogP contribution in [0.3, 0.4) is 0 Å². The minimum absolute atomic E-state index is 0. The maximum atomic E-state index is 12.8. The molecule has 0 aliphatic heterocycles. The van der Waals surface area contributed by atoms with Crippen molar-refractivity contribution in [1.29, 1.82) is 0 Å². The van der Waals surface area contributed by atoms with E-state index in [9.17, 15) is 14.4 Å². The van der Waals surface area contributed by atoms with Gasteiger partial charge in [0.25, 0.3) is 11.7 Å². The summed E-state index contributed by atoms with van der Waals surface area (Å²) in [4.78, 5) is 47.6. The predicted molar refractivity (Wildman–Crippen MR) is 157 cm³/mol. The van der Waals surface area contributed by atoms with Gasteiger partial charge in [0.1, 0.15) is 11.6 Å². The topological polar surface area (TPSA) is 89.5 Å². The Morgan fingerprint density at radius 3 is 2.50 bits per heavy atom. The fourth-order valence-electron chi connectivity index (χ4n) is 4.67. The molecule has 4 rings (SSSR count). The molecule has 40 heavy (non-hydrogen) atoms. The summed E-state index contributed by atoms with van der Waals surface area (Å²) in [5.41, 5.74) is 3.28. The van der Waals surface area contributed by atoms with Crippen LogP contribution < -0.4 is 4.74 Å². The molecular weight excluding hydrogens is 526 g/mol. The second kappa shape index (κ2) is 14.0. The van der Waals surface area contributed by atoms with Crippen molar-refractivity contribution in [3.63, 3.8) is 0 Å². The number of rotatable bonds is 11. The SMILES string of the molecule is C.C=CC(=O)Cc1cc(Cc2ncc(Cl)c(Cc3ccccc3C(=O)C(=O)N(C)C)n2)ccc1OC1CCCC1. The molecule has 1 fully saturated rings. The van der Waals surface area contributed by atoms with Crippen LogP contribution in [0.15, 0.2) is 61.3 Å². The van der Waals surface area contributed by atoms with Crippen LogP contribution in [0.1, 0.15) is 71.7 Å². The minimum atomic E-state index is -0.594. The molecule has 1 amide bonds. The summed E-state index contributed by atoms with van der Waals surface area (Å²) in [6.07, 6.45) is 8.32. The average molecular weight is 562 g/mol. The number of carbonyl (C=O) groups is 3. The number of carbonyl (C=O) groups excluding carboxylic acids is 3. The number of amides is 1. The monoisotopic (exact) mass is 561 g/mol. The smallest absolute Gasteiger partial charge is 0.294 e. The summed E-state index contributed by atoms with van der Waals surface area (Å²) in [6.45, 7) is 3.60. The lowest BCUT2D eigenvalue weighted by Crippen LogP contribution is -2.30. The van der Waals surface area contributed by atoms with Crippen molar-refractivity contribution in [2.45, 2.75) is 58.5 Å². The Bertz CT molecular complexity index is 1400. The number of hydrogen-bond acceptors (Lipinski definition) is 6. The molecule has 1 aliphatic carbocycles. The van der Waals surface area contributed by atoms with Crippen molar-refractivity contribution in [3.05, 3.63) is 100 Å². The quantitative estimate of drug-likeness (QED) is 0.166. The lowest BCUT2D eigenvalue weighted by atomic mass is 9.98. The molecule has 1 saturated carbocycles. The van der Waals surface area contributed by atoms with Crippen LogP contribution in [0.5, 0.6) is 5.75 Å². The van der Waals surface area contributed by atoms with Gasteiger partial charge in [-0.1, -0.05) is 62.0 Å². The first kappa shape index (κ1) is 30.7. The van der Waals surface area contributed by atoms with Gasteiger partial charge in [0, 0.05) is 50.7 Å². The fourth-order valence-corrected chi connectivity index (χ4v) is 4.83. The molecule has 0 unspecified atom stereocenters. The minimum Gasteiger partial charge on any atom is -0.490 e. The van der Waals surface area contributed by atoms with Crippen LogP contribution in [-0.2, 0) is 28.9 Å². The summed E-state index contributed by atoms with van der Waals surface area (Å²) in [5, 5.41) is 0.373. The van der Waals surface area contributed by atoms with Gasteiger partial charge in [-0.2, -0.15) is 0 Å². The highest BCUT2D eigenvalue weighted by Gasteiger charge is 2.22. The normalized spacial score (nSPS) is 12.9. The van der Waals surface area contributed by atoms with Crippen LogP contribution in [-0.4, -0.2) is 52.5 Å². The van der Waals surface area contributed by atoms with E-state index >= 15 is 0 Å². The zero-order chi connectivity index (χ0) is 27.9. The van der Waals surface area contributed by atoms with E-state index in [0.29, 0.717) is 34.1 Å². The maximum absolute atomic E-state index is 12.8. The second-order valence-electron chi connectivity index (χ2n) is 9.93. The maximum Gasteiger partial charge on any atom is 0.294 e.